The Morgan fingerprint density at radius 2 is 1.81 bits per heavy atom. The summed E-state index contributed by atoms with van der Waals surface area (Å²) in [4.78, 5) is 25.3. The number of alkyl halides is 3. The van der Waals surface area contributed by atoms with E-state index in [4.69, 9.17) is 9.47 Å². The lowest BCUT2D eigenvalue weighted by molar-refractivity contribution is -0.274. The van der Waals surface area contributed by atoms with Gasteiger partial charge in [-0.25, -0.2) is 9.59 Å². The van der Waals surface area contributed by atoms with Crippen LogP contribution < -0.4 is 10.1 Å². The van der Waals surface area contributed by atoms with Gasteiger partial charge >= 0.3 is 18.4 Å². The highest BCUT2D eigenvalue weighted by molar-refractivity contribution is 5.81. The molecule has 0 aromatic heterocycles. The molecular weight excluding hydrogens is 487 g/mol. The van der Waals surface area contributed by atoms with E-state index < -0.39 is 36.2 Å². The van der Waals surface area contributed by atoms with Crippen LogP contribution in [0.3, 0.4) is 0 Å². The molecule has 0 bridgehead atoms. The van der Waals surface area contributed by atoms with Crippen LogP contribution in [0.4, 0.5) is 18.0 Å². The minimum atomic E-state index is -4.75. The quantitative estimate of drug-likeness (QED) is 0.288. The summed E-state index contributed by atoms with van der Waals surface area (Å²) in [5.41, 5.74) is 1.23. The van der Waals surface area contributed by atoms with Gasteiger partial charge in [0.05, 0.1) is 0 Å². The Morgan fingerprint density at radius 3 is 2.38 bits per heavy atom. The molecule has 0 radical (unpaired) electrons. The van der Waals surface area contributed by atoms with Crippen molar-refractivity contribution in [3.63, 3.8) is 0 Å². The SMILES string of the molecule is C=C(C)CCCC1CCCC(NC(=O)OC(C)(C)C)C(=O)OC(C)C1Cc1ccc(OC(F)(F)F)cc1. The van der Waals surface area contributed by atoms with Crippen molar-refractivity contribution in [1.29, 1.82) is 0 Å². The lowest BCUT2D eigenvalue weighted by Gasteiger charge is -2.31. The minimum Gasteiger partial charge on any atom is -0.461 e. The highest BCUT2D eigenvalue weighted by Crippen LogP contribution is 2.34. The first-order chi connectivity index (χ1) is 17.1. The summed E-state index contributed by atoms with van der Waals surface area (Å²) in [5.74, 6) is -0.628. The summed E-state index contributed by atoms with van der Waals surface area (Å²) in [5, 5.41) is 2.65. The van der Waals surface area contributed by atoms with Gasteiger partial charge in [0.2, 0.25) is 0 Å². The molecular formula is C28H40F3NO5. The van der Waals surface area contributed by atoms with Gasteiger partial charge in [-0.05, 0) is 96.8 Å². The number of benzene rings is 1. The standard InChI is InChI=1S/C28H40F3NO5/c1-18(2)9-7-10-21-11-8-12-24(32-26(34)37-27(4,5)6)25(33)35-19(3)23(21)17-20-13-15-22(16-14-20)36-28(29,30)31/h13-16,19,21,23-24H,1,7-12,17H2,2-6H3,(H,32,34). The average Bonchev–Trinajstić information content (AvgIpc) is 2.78. The zero-order chi connectivity index (χ0) is 27.8. The Bertz CT molecular complexity index is 908. The largest absolute Gasteiger partial charge is 0.573 e. The predicted molar refractivity (Wildman–Crippen MR) is 135 cm³/mol. The van der Waals surface area contributed by atoms with Crippen LogP contribution in [0.2, 0.25) is 0 Å². The Kier molecular flexibility index (Phi) is 10.9. The summed E-state index contributed by atoms with van der Waals surface area (Å²) < 4.78 is 52.7. The molecule has 0 spiro atoms. The molecule has 1 N–H and O–H groups in total. The van der Waals surface area contributed by atoms with E-state index in [1.807, 2.05) is 13.8 Å². The van der Waals surface area contributed by atoms with Crippen LogP contribution >= 0.6 is 0 Å². The number of halogens is 3. The monoisotopic (exact) mass is 527 g/mol. The highest BCUT2D eigenvalue weighted by Gasteiger charge is 2.35. The molecule has 1 saturated heterocycles. The van der Waals surface area contributed by atoms with Gasteiger partial charge in [0.1, 0.15) is 23.5 Å². The Labute approximate surface area is 217 Å². The summed E-state index contributed by atoms with van der Waals surface area (Å²) in [6.45, 7) is 13.1. The number of allylic oxidation sites excluding steroid dienone is 1. The number of hydrogen-bond donors (Lipinski definition) is 1. The summed E-state index contributed by atoms with van der Waals surface area (Å²) in [7, 11) is 0. The van der Waals surface area contributed by atoms with Crippen LogP contribution in [0.25, 0.3) is 0 Å². The lowest BCUT2D eigenvalue weighted by Crippen LogP contribution is -2.45. The van der Waals surface area contributed by atoms with Crippen LogP contribution in [0, 0.1) is 11.8 Å². The first-order valence-electron chi connectivity index (χ1n) is 12.8. The molecule has 2 rings (SSSR count). The van der Waals surface area contributed by atoms with E-state index in [-0.39, 0.29) is 17.6 Å². The molecule has 1 aliphatic heterocycles. The van der Waals surface area contributed by atoms with E-state index in [0.717, 1.165) is 36.8 Å². The summed E-state index contributed by atoms with van der Waals surface area (Å²) >= 11 is 0. The van der Waals surface area contributed by atoms with Crippen LogP contribution in [-0.2, 0) is 20.7 Å². The fourth-order valence-corrected chi connectivity index (χ4v) is 4.69. The van der Waals surface area contributed by atoms with Crippen LogP contribution in [-0.4, -0.2) is 36.2 Å². The molecule has 6 nitrogen and oxygen atoms in total. The maximum absolute atomic E-state index is 13.0. The maximum atomic E-state index is 13.0. The average molecular weight is 528 g/mol. The second-order valence-electron chi connectivity index (χ2n) is 10.9. The smallest absolute Gasteiger partial charge is 0.461 e. The molecule has 208 valence electrons. The van der Waals surface area contributed by atoms with E-state index >= 15 is 0 Å². The van der Waals surface area contributed by atoms with Crippen molar-refractivity contribution in [3.05, 3.63) is 42.0 Å². The number of amides is 1. The fourth-order valence-electron chi connectivity index (χ4n) is 4.69. The molecule has 0 aliphatic carbocycles. The van der Waals surface area contributed by atoms with Gasteiger partial charge in [-0.1, -0.05) is 24.1 Å². The van der Waals surface area contributed by atoms with Gasteiger partial charge in [0.25, 0.3) is 0 Å². The number of nitrogens with one attached hydrogen (secondary N) is 1. The second-order valence-corrected chi connectivity index (χ2v) is 10.9. The Morgan fingerprint density at radius 1 is 1.16 bits per heavy atom. The van der Waals surface area contributed by atoms with Crippen molar-refractivity contribution in [2.45, 2.75) is 104 Å². The van der Waals surface area contributed by atoms with E-state index in [9.17, 15) is 22.8 Å². The molecule has 1 aliphatic rings. The molecule has 37 heavy (non-hydrogen) atoms. The number of rotatable bonds is 8. The van der Waals surface area contributed by atoms with Crippen molar-refractivity contribution in [2.75, 3.05) is 0 Å². The lowest BCUT2D eigenvalue weighted by atomic mass is 9.77. The molecule has 4 unspecified atom stereocenters. The van der Waals surface area contributed by atoms with Gasteiger partial charge in [-0.2, -0.15) is 0 Å². The van der Waals surface area contributed by atoms with Crippen LogP contribution in [0.5, 0.6) is 5.75 Å². The topological polar surface area (TPSA) is 73.9 Å². The third kappa shape index (κ3) is 11.5. The molecule has 1 aromatic rings. The maximum Gasteiger partial charge on any atom is 0.573 e. The molecule has 4 atom stereocenters. The van der Waals surface area contributed by atoms with Gasteiger partial charge in [-0.3, -0.25) is 0 Å². The van der Waals surface area contributed by atoms with E-state index in [1.165, 1.54) is 12.1 Å². The zero-order valence-electron chi connectivity index (χ0n) is 22.5. The van der Waals surface area contributed by atoms with E-state index in [2.05, 4.69) is 16.6 Å². The number of hydrogen-bond acceptors (Lipinski definition) is 5. The van der Waals surface area contributed by atoms with Crippen LogP contribution in [0.15, 0.2) is 36.4 Å². The van der Waals surface area contributed by atoms with Gasteiger partial charge in [0, 0.05) is 5.92 Å². The van der Waals surface area contributed by atoms with Gasteiger partial charge in [-0.15, -0.1) is 19.8 Å². The number of carbonyl (C=O) groups excluding carboxylic acids is 2. The number of cyclic esters (lactones) is 1. The summed E-state index contributed by atoms with van der Waals surface area (Å²) in [6, 6.07) is 5.00. The Balaban J connectivity index is 2.20. The third-order valence-corrected chi connectivity index (χ3v) is 6.36. The molecule has 1 amide bonds. The van der Waals surface area contributed by atoms with Crippen LogP contribution in [0.1, 0.15) is 78.7 Å². The van der Waals surface area contributed by atoms with E-state index in [1.54, 1.807) is 32.9 Å². The van der Waals surface area contributed by atoms with Crippen molar-refractivity contribution >= 4 is 12.1 Å². The van der Waals surface area contributed by atoms with Gasteiger partial charge < -0.3 is 19.5 Å². The number of alkyl carbamates (subject to hydrolysis) is 1. The molecule has 1 fully saturated rings. The predicted octanol–water partition coefficient (Wildman–Crippen LogP) is 7.12. The van der Waals surface area contributed by atoms with E-state index in [0.29, 0.717) is 19.3 Å². The number of ether oxygens (including phenoxy) is 3. The fraction of sp³-hybridized carbons (Fsp3) is 0.643. The molecule has 1 aromatic carbocycles. The summed E-state index contributed by atoms with van der Waals surface area (Å²) in [6.07, 6.45) is -0.664. The molecule has 0 saturated carbocycles. The van der Waals surface area contributed by atoms with Crippen molar-refractivity contribution in [1.82, 2.24) is 5.32 Å². The third-order valence-electron chi connectivity index (χ3n) is 6.36. The zero-order valence-corrected chi connectivity index (χ0v) is 22.5. The Hall–Kier alpha value is -2.71. The minimum absolute atomic E-state index is 0.0521. The normalized spacial score (nSPS) is 23.2. The van der Waals surface area contributed by atoms with Gasteiger partial charge in [0.15, 0.2) is 0 Å². The number of esters is 1. The molecule has 1 heterocycles. The highest BCUT2D eigenvalue weighted by atomic mass is 19.4. The van der Waals surface area contributed by atoms with Crippen molar-refractivity contribution < 1.29 is 37.0 Å². The van der Waals surface area contributed by atoms with Crippen molar-refractivity contribution in [3.8, 4) is 5.75 Å². The number of carbonyl (C=O) groups is 2. The first-order valence-corrected chi connectivity index (χ1v) is 12.8. The second kappa shape index (κ2) is 13.2. The first kappa shape index (κ1) is 30.5. The molecule has 9 heteroatoms. The van der Waals surface area contributed by atoms with Crippen molar-refractivity contribution in [2.24, 2.45) is 11.8 Å².